The highest BCUT2D eigenvalue weighted by molar-refractivity contribution is 7.25. The number of para-hydroxylation sites is 1. The number of aromatic nitrogens is 2. The van der Waals surface area contributed by atoms with Gasteiger partial charge in [0.25, 0.3) is 0 Å². The van der Waals surface area contributed by atoms with E-state index in [0.717, 1.165) is 44.3 Å². The first-order valence-corrected chi connectivity index (χ1v) is 22.6. The maximum absolute atomic E-state index is 6.31. The highest BCUT2D eigenvalue weighted by atomic mass is 32.1. The summed E-state index contributed by atoms with van der Waals surface area (Å²) in [7, 11) is 0. The second kappa shape index (κ2) is 13.7. The lowest BCUT2D eigenvalue weighted by Crippen LogP contribution is -1.94. The molecule has 4 heterocycles. The molecule has 0 aliphatic heterocycles. The van der Waals surface area contributed by atoms with E-state index in [1.54, 1.807) is 0 Å². The van der Waals surface area contributed by atoms with E-state index < -0.39 is 0 Å². The molecule has 0 saturated carbocycles. The van der Waals surface area contributed by atoms with Crippen molar-refractivity contribution in [3.8, 4) is 44.8 Å². The van der Waals surface area contributed by atoms with Gasteiger partial charge in [0.15, 0.2) is 0 Å². The SMILES string of the molecule is c1ccc(-c2ccc3c(c2)c2c(-c4cccc5c4c4cc(-c6ccccc6)ccc4n5-c4ccc5sc6ccccc6c5c4)cccc2n3-c2ccc3oc4ccccc4c3c2)cc1. The molecule has 0 bridgehead atoms. The molecule has 0 aliphatic rings. The lowest BCUT2D eigenvalue weighted by molar-refractivity contribution is 0.669. The molecule has 0 fully saturated rings. The van der Waals surface area contributed by atoms with Gasteiger partial charge in [0.05, 0.1) is 22.1 Å². The van der Waals surface area contributed by atoms with E-state index in [0.29, 0.717) is 0 Å². The van der Waals surface area contributed by atoms with Crippen LogP contribution in [0.3, 0.4) is 0 Å². The first-order valence-electron chi connectivity index (χ1n) is 21.8. The van der Waals surface area contributed by atoms with Gasteiger partial charge in [-0.25, -0.2) is 0 Å². The van der Waals surface area contributed by atoms with E-state index in [4.69, 9.17) is 4.42 Å². The average Bonchev–Trinajstić information content (AvgIpc) is 4.11. The van der Waals surface area contributed by atoms with Gasteiger partial charge in [-0.15, -0.1) is 11.3 Å². The lowest BCUT2D eigenvalue weighted by Gasteiger charge is -2.11. The van der Waals surface area contributed by atoms with Gasteiger partial charge in [-0.1, -0.05) is 133 Å². The number of thiophene rings is 1. The molecule has 14 rings (SSSR count). The summed E-state index contributed by atoms with van der Waals surface area (Å²) in [4.78, 5) is 0. The highest BCUT2D eigenvalue weighted by Gasteiger charge is 2.23. The molecular weight excluding hydrogens is 797 g/mol. The molecule has 0 spiro atoms. The first kappa shape index (κ1) is 35.4. The zero-order valence-corrected chi connectivity index (χ0v) is 35.3. The van der Waals surface area contributed by atoms with Crippen molar-refractivity contribution in [2.45, 2.75) is 0 Å². The van der Waals surface area contributed by atoms with Crippen LogP contribution in [0.4, 0.5) is 0 Å². The molecule has 0 radical (unpaired) electrons. The van der Waals surface area contributed by atoms with E-state index in [9.17, 15) is 0 Å². The fourth-order valence-corrected chi connectivity index (χ4v) is 11.6. The second-order valence-corrected chi connectivity index (χ2v) is 17.9. The maximum atomic E-state index is 6.31. The van der Waals surface area contributed by atoms with E-state index in [2.05, 4.69) is 221 Å². The molecule has 4 heteroatoms. The van der Waals surface area contributed by atoms with Crippen LogP contribution in [0, 0.1) is 0 Å². The molecule has 0 N–H and O–H groups in total. The molecule has 0 amide bonds. The summed E-state index contributed by atoms with van der Waals surface area (Å²) in [5.74, 6) is 0. The van der Waals surface area contributed by atoms with Crippen LogP contribution in [0.5, 0.6) is 0 Å². The summed E-state index contributed by atoms with van der Waals surface area (Å²) < 4.78 is 13.9. The number of hydrogen-bond donors (Lipinski definition) is 0. The van der Waals surface area contributed by atoms with Crippen molar-refractivity contribution in [3.63, 3.8) is 0 Å². The van der Waals surface area contributed by atoms with Gasteiger partial charge < -0.3 is 13.6 Å². The highest BCUT2D eigenvalue weighted by Crippen LogP contribution is 2.46. The topological polar surface area (TPSA) is 23.0 Å². The first-order chi connectivity index (χ1) is 31.7. The Labute approximate surface area is 371 Å². The fraction of sp³-hybridized carbons (Fsp3) is 0. The Bertz CT molecular complexity index is 3910. The summed E-state index contributed by atoms with van der Waals surface area (Å²) in [6, 6.07) is 80.0. The molecule has 0 unspecified atom stereocenters. The zero-order valence-electron chi connectivity index (χ0n) is 34.5. The molecule has 0 aliphatic carbocycles. The predicted molar refractivity (Wildman–Crippen MR) is 272 cm³/mol. The molecular formula is C60H36N2OS. The van der Waals surface area contributed by atoms with Gasteiger partial charge in [0.2, 0.25) is 0 Å². The smallest absolute Gasteiger partial charge is 0.135 e. The number of hydrogen-bond acceptors (Lipinski definition) is 2. The van der Waals surface area contributed by atoms with Crippen molar-refractivity contribution in [2.75, 3.05) is 0 Å². The molecule has 4 aromatic heterocycles. The van der Waals surface area contributed by atoms with Crippen molar-refractivity contribution < 1.29 is 4.42 Å². The largest absolute Gasteiger partial charge is 0.456 e. The number of rotatable bonds is 5. The Morgan fingerprint density at radius 3 is 1.45 bits per heavy atom. The third kappa shape index (κ3) is 5.21. The summed E-state index contributed by atoms with van der Waals surface area (Å²) in [6.07, 6.45) is 0. The molecule has 10 aromatic carbocycles. The van der Waals surface area contributed by atoms with Gasteiger partial charge in [-0.3, -0.25) is 0 Å². The van der Waals surface area contributed by atoms with Crippen LogP contribution in [0.1, 0.15) is 0 Å². The van der Waals surface area contributed by atoms with E-state index in [-0.39, 0.29) is 0 Å². The van der Waals surface area contributed by atoms with Crippen molar-refractivity contribution in [1.82, 2.24) is 9.13 Å². The number of benzene rings is 10. The van der Waals surface area contributed by atoms with Crippen molar-refractivity contribution in [3.05, 3.63) is 218 Å². The molecule has 0 saturated heterocycles. The number of fused-ring (bicyclic) bond motifs is 12. The van der Waals surface area contributed by atoms with Gasteiger partial charge >= 0.3 is 0 Å². The summed E-state index contributed by atoms with van der Waals surface area (Å²) in [5.41, 5.74) is 15.9. The van der Waals surface area contributed by atoms with Crippen LogP contribution < -0.4 is 0 Å². The Morgan fingerprint density at radius 1 is 0.297 bits per heavy atom. The van der Waals surface area contributed by atoms with Crippen molar-refractivity contribution >= 4 is 97.1 Å². The van der Waals surface area contributed by atoms with Crippen LogP contribution in [0.2, 0.25) is 0 Å². The summed E-state index contributed by atoms with van der Waals surface area (Å²) in [6.45, 7) is 0. The van der Waals surface area contributed by atoms with E-state index in [1.165, 1.54) is 86.1 Å². The van der Waals surface area contributed by atoms with Crippen molar-refractivity contribution in [2.24, 2.45) is 0 Å². The number of furan rings is 1. The Hall–Kier alpha value is -8.18. The summed E-state index contributed by atoms with van der Waals surface area (Å²) in [5, 5.41) is 9.73. The zero-order chi connectivity index (χ0) is 41.9. The molecule has 14 aromatic rings. The van der Waals surface area contributed by atoms with Crippen LogP contribution >= 0.6 is 11.3 Å². The number of nitrogens with zero attached hydrogens (tertiary/aromatic N) is 2. The normalized spacial score (nSPS) is 12.1. The monoisotopic (exact) mass is 832 g/mol. The quantitative estimate of drug-likeness (QED) is 0.169. The average molecular weight is 833 g/mol. The fourth-order valence-electron chi connectivity index (χ4n) is 10.5. The van der Waals surface area contributed by atoms with E-state index in [1.807, 2.05) is 17.4 Å². The second-order valence-electron chi connectivity index (χ2n) is 16.8. The maximum Gasteiger partial charge on any atom is 0.135 e. The minimum atomic E-state index is 0.891. The molecule has 3 nitrogen and oxygen atoms in total. The van der Waals surface area contributed by atoms with Crippen LogP contribution in [0.15, 0.2) is 223 Å². The third-order valence-electron chi connectivity index (χ3n) is 13.3. The standard InChI is InChI=1S/C60H36N2OS/c1-3-13-37(14-4-1)39-25-29-51-49(33-39)59-45(19-11-21-53(59)61(51)41-27-31-56-47(35-41)43-17-7-9-23-55(43)63-56)46-20-12-22-54-60(46)50-34-40(38-15-5-2-6-16-38)26-30-52(50)62(54)42-28-32-58-48(36-42)44-18-8-10-24-57(44)64-58/h1-36H. The van der Waals surface area contributed by atoms with Crippen LogP contribution in [0.25, 0.3) is 130 Å². The van der Waals surface area contributed by atoms with Crippen LogP contribution in [-0.2, 0) is 0 Å². The van der Waals surface area contributed by atoms with Gasteiger partial charge in [0, 0.05) is 63.9 Å². The lowest BCUT2D eigenvalue weighted by atomic mass is 9.94. The van der Waals surface area contributed by atoms with E-state index >= 15 is 0 Å². The van der Waals surface area contributed by atoms with Crippen molar-refractivity contribution in [1.29, 1.82) is 0 Å². The minimum Gasteiger partial charge on any atom is -0.456 e. The molecule has 64 heavy (non-hydrogen) atoms. The predicted octanol–water partition coefficient (Wildman–Crippen LogP) is 17.1. The minimum absolute atomic E-state index is 0.891. The van der Waals surface area contributed by atoms with Gasteiger partial charge in [0.1, 0.15) is 11.2 Å². The Kier molecular flexibility index (Phi) is 7.56. The molecule has 298 valence electrons. The van der Waals surface area contributed by atoms with Crippen LogP contribution in [-0.4, -0.2) is 9.13 Å². The van der Waals surface area contributed by atoms with Gasteiger partial charge in [-0.2, -0.15) is 0 Å². The Balaban J connectivity index is 1.08. The Morgan fingerprint density at radius 2 is 0.812 bits per heavy atom. The van der Waals surface area contributed by atoms with Gasteiger partial charge in [-0.05, 0) is 118 Å². The third-order valence-corrected chi connectivity index (χ3v) is 14.5. The summed E-state index contributed by atoms with van der Waals surface area (Å²) >= 11 is 1.86. The molecule has 0 atom stereocenters.